The smallest absolute Gasteiger partial charge is 0.225 e. The van der Waals surface area contributed by atoms with Gasteiger partial charge in [-0.15, -0.1) is 0 Å². The van der Waals surface area contributed by atoms with E-state index in [0.29, 0.717) is 18.2 Å². The second kappa shape index (κ2) is 5.96. The van der Waals surface area contributed by atoms with E-state index >= 15 is 0 Å². The number of nitrogens with zero attached hydrogens (tertiary/aromatic N) is 2. The summed E-state index contributed by atoms with van der Waals surface area (Å²) in [4.78, 5) is 19.6. The van der Waals surface area contributed by atoms with E-state index < -0.39 is 0 Å². The predicted octanol–water partition coefficient (Wildman–Crippen LogP) is 3.04. The zero-order chi connectivity index (χ0) is 12.1. The molecule has 0 radical (unpaired) electrons. The third kappa shape index (κ3) is 3.66. The van der Waals surface area contributed by atoms with Crippen LogP contribution in [-0.2, 0) is 4.79 Å². The number of halogens is 1. The maximum atomic E-state index is 11.8. The Morgan fingerprint density at radius 1 is 1.29 bits per heavy atom. The molecule has 0 atom stereocenters. The fraction of sp³-hybridized carbons (Fsp3) is 0.583. The van der Waals surface area contributed by atoms with Crippen molar-refractivity contribution in [1.29, 1.82) is 0 Å². The zero-order valence-electron chi connectivity index (χ0n) is 9.66. The van der Waals surface area contributed by atoms with E-state index in [0.717, 1.165) is 12.8 Å². The Balaban J connectivity index is 1.86. The molecule has 5 heteroatoms. The molecule has 4 nitrogen and oxygen atoms in total. The third-order valence-corrected chi connectivity index (χ3v) is 3.39. The highest BCUT2D eigenvalue weighted by Gasteiger charge is 2.17. The number of nitrogens with one attached hydrogen (secondary N) is 1. The van der Waals surface area contributed by atoms with Crippen molar-refractivity contribution in [3.8, 4) is 0 Å². The number of rotatable bonds is 3. The van der Waals surface area contributed by atoms with E-state index in [4.69, 9.17) is 11.6 Å². The van der Waals surface area contributed by atoms with Crippen LogP contribution in [-0.4, -0.2) is 15.9 Å². The summed E-state index contributed by atoms with van der Waals surface area (Å²) in [6, 6.07) is 0. The second-order valence-electron chi connectivity index (χ2n) is 4.45. The van der Waals surface area contributed by atoms with Crippen molar-refractivity contribution < 1.29 is 4.79 Å². The van der Waals surface area contributed by atoms with Crippen molar-refractivity contribution in [3.05, 3.63) is 17.5 Å². The standard InChI is InChI=1S/C12H16ClN3O/c13-11-12(15-7-6-14-11)16-10(17)8-9-4-2-1-3-5-9/h6-7,9H,1-5,8H2,(H,15,16,17). The van der Waals surface area contributed by atoms with Gasteiger partial charge in [-0.1, -0.05) is 30.9 Å². The van der Waals surface area contributed by atoms with E-state index in [9.17, 15) is 4.79 Å². The molecule has 0 aromatic carbocycles. The average molecular weight is 254 g/mol. The zero-order valence-corrected chi connectivity index (χ0v) is 10.4. The molecule has 0 bridgehead atoms. The molecule has 1 fully saturated rings. The van der Waals surface area contributed by atoms with E-state index in [2.05, 4.69) is 15.3 Å². The first-order valence-electron chi connectivity index (χ1n) is 6.02. The van der Waals surface area contributed by atoms with Gasteiger partial charge in [0.2, 0.25) is 5.91 Å². The summed E-state index contributed by atoms with van der Waals surface area (Å²) in [5.74, 6) is 0.855. The van der Waals surface area contributed by atoms with Gasteiger partial charge in [-0.05, 0) is 18.8 Å². The molecule has 0 saturated heterocycles. The second-order valence-corrected chi connectivity index (χ2v) is 4.81. The van der Waals surface area contributed by atoms with Crippen LogP contribution < -0.4 is 5.32 Å². The molecule has 1 saturated carbocycles. The van der Waals surface area contributed by atoms with Crippen LogP contribution in [0.2, 0.25) is 5.15 Å². The number of anilines is 1. The first-order chi connectivity index (χ1) is 8.25. The van der Waals surface area contributed by atoms with Crippen LogP contribution in [0.25, 0.3) is 0 Å². The van der Waals surface area contributed by atoms with Crippen LogP contribution in [0.3, 0.4) is 0 Å². The number of hydrogen-bond acceptors (Lipinski definition) is 3. The summed E-state index contributed by atoms with van der Waals surface area (Å²) in [5, 5.41) is 2.95. The largest absolute Gasteiger partial charge is 0.308 e. The lowest BCUT2D eigenvalue weighted by Crippen LogP contribution is -2.19. The van der Waals surface area contributed by atoms with E-state index in [-0.39, 0.29) is 11.1 Å². The van der Waals surface area contributed by atoms with Gasteiger partial charge in [0.15, 0.2) is 11.0 Å². The minimum Gasteiger partial charge on any atom is -0.308 e. The van der Waals surface area contributed by atoms with Gasteiger partial charge in [0, 0.05) is 18.8 Å². The molecule has 0 aliphatic heterocycles. The van der Waals surface area contributed by atoms with E-state index in [1.54, 1.807) is 0 Å². The van der Waals surface area contributed by atoms with Crippen molar-refractivity contribution in [1.82, 2.24) is 9.97 Å². The van der Waals surface area contributed by atoms with E-state index in [1.165, 1.54) is 31.7 Å². The number of amides is 1. The van der Waals surface area contributed by atoms with Crippen LogP contribution in [0, 0.1) is 5.92 Å². The normalized spacial score (nSPS) is 16.8. The summed E-state index contributed by atoms with van der Waals surface area (Å²) < 4.78 is 0. The van der Waals surface area contributed by atoms with Gasteiger partial charge >= 0.3 is 0 Å². The molecule has 2 rings (SSSR count). The first kappa shape index (κ1) is 12.3. The molecular weight excluding hydrogens is 238 g/mol. The molecule has 1 heterocycles. The summed E-state index contributed by atoms with van der Waals surface area (Å²) >= 11 is 5.82. The van der Waals surface area contributed by atoms with Crippen LogP contribution in [0.1, 0.15) is 38.5 Å². The van der Waals surface area contributed by atoms with Gasteiger partial charge in [0.05, 0.1) is 0 Å². The Labute approximate surface area is 106 Å². The van der Waals surface area contributed by atoms with Crippen molar-refractivity contribution in [2.24, 2.45) is 5.92 Å². The summed E-state index contributed by atoms with van der Waals surface area (Å²) in [7, 11) is 0. The monoisotopic (exact) mass is 253 g/mol. The Morgan fingerprint density at radius 3 is 2.71 bits per heavy atom. The van der Waals surface area contributed by atoms with Crippen LogP contribution >= 0.6 is 11.6 Å². The summed E-state index contributed by atoms with van der Waals surface area (Å²) in [6.45, 7) is 0. The molecule has 1 aromatic rings. The molecule has 0 spiro atoms. The van der Waals surface area contributed by atoms with Crippen molar-refractivity contribution >= 4 is 23.3 Å². The highest BCUT2D eigenvalue weighted by atomic mass is 35.5. The molecule has 1 aliphatic carbocycles. The lowest BCUT2D eigenvalue weighted by Gasteiger charge is -2.20. The maximum Gasteiger partial charge on any atom is 0.225 e. The Kier molecular flexibility index (Phi) is 4.31. The predicted molar refractivity (Wildman–Crippen MR) is 66.9 cm³/mol. The number of carbonyl (C=O) groups excluding carboxylic acids is 1. The molecule has 1 aliphatic rings. The molecule has 92 valence electrons. The highest BCUT2D eigenvalue weighted by Crippen LogP contribution is 2.26. The van der Waals surface area contributed by atoms with Gasteiger partial charge in [-0.25, -0.2) is 9.97 Å². The highest BCUT2D eigenvalue weighted by molar-refractivity contribution is 6.32. The van der Waals surface area contributed by atoms with Gasteiger partial charge in [-0.3, -0.25) is 4.79 Å². The molecule has 1 N–H and O–H groups in total. The molecule has 1 aromatic heterocycles. The molecule has 0 unspecified atom stereocenters. The minimum atomic E-state index is -0.0145. The van der Waals surface area contributed by atoms with Gasteiger partial charge in [0.25, 0.3) is 0 Å². The number of aromatic nitrogens is 2. The van der Waals surface area contributed by atoms with Gasteiger partial charge in [0.1, 0.15) is 0 Å². The summed E-state index contributed by atoms with van der Waals surface area (Å²) in [5.41, 5.74) is 0. The quantitative estimate of drug-likeness (QED) is 0.901. The number of hydrogen-bond donors (Lipinski definition) is 1. The summed E-state index contributed by atoms with van der Waals surface area (Å²) in [6.07, 6.45) is 9.67. The van der Waals surface area contributed by atoms with Gasteiger partial charge < -0.3 is 5.32 Å². The third-order valence-electron chi connectivity index (χ3n) is 3.11. The Bertz CT molecular complexity index is 391. The van der Waals surface area contributed by atoms with Gasteiger partial charge in [-0.2, -0.15) is 0 Å². The van der Waals surface area contributed by atoms with Crippen LogP contribution in [0.15, 0.2) is 12.4 Å². The van der Waals surface area contributed by atoms with E-state index in [1.807, 2.05) is 0 Å². The SMILES string of the molecule is O=C(CC1CCCCC1)Nc1nccnc1Cl. The average Bonchev–Trinajstić information content (AvgIpc) is 2.33. The van der Waals surface area contributed by atoms with Crippen LogP contribution in [0.4, 0.5) is 5.82 Å². The van der Waals surface area contributed by atoms with Crippen LogP contribution in [0.5, 0.6) is 0 Å². The Morgan fingerprint density at radius 2 is 2.00 bits per heavy atom. The lowest BCUT2D eigenvalue weighted by molar-refractivity contribution is -0.117. The minimum absolute atomic E-state index is 0.0145. The number of carbonyl (C=O) groups is 1. The fourth-order valence-electron chi connectivity index (χ4n) is 2.24. The fourth-order valence-corrected chi connectivity index (χ4v) is 2.39. The molecule has 17 heavy (non-hydrogen) atoms. The molecular formula is C12H16ClN3O. The van der Waals surface area contributed by atoms with Crippen molar-refractivity contribution in [2.75, 3.05) is 5.32 Å². The first-order valence-corrected chi connectivity index (χ1v) is 6.40. The Hall–Kier alpha value is -1.16. The topological polar surface area (TPSA) is 54.9 Å². The van der Waals surface area contributed by atoms with Crippen molar-refractivity contribution in [3.63, 3.8) is 0 Å². The van der Waals surface area contributed by atoms with Crippen molar-refractivity contribution in [2.45, 2.75) is 38.5 Å². The molecule has 1 amide bonds. The maximum absolute atomic E-state index is 11.8. The lowest BCUT2D eigenvalue weighted by atomic mass is 9.87.